The molecule has 6 heteroatoms. The second kappa shape index (κ2) is 9.11. The lowest BCUT2D eigenvalue weighted by Crippen LogP contribution is -2.26. The minimum absolute atomic E-state index is 0.00752. The fraction of sp³-hybridized carbons (Fsp3) is 0.316. The number of halogens is 3. The Balaban J connectivity index is 1.67. The highest BCUT2D eigenvalue weighted by Gasteiger charge is 2.32. The van der Waals surface area contributed by atoms with Gasteiger partial charge in [0.15, 0.2) is 0 Å². The number of carbonyl (C=O) groups excluding carboxylic acids is 1. The number of alkyl halides is 3. The van der Waals surface area contributed by atoms with Gasteiger partial charge in [-0.05, 0) is 30.5 Å². The molecule has 2 aromatic rings. The van der Waals surface area contributed by atoms with Crippen LogP contribution < -0.4 is 10.6 Å². The van der Waals surface area contributed by atoms with E-state index in [-0.39, 0.29) is 24.6 Å². The number of aryl methyl sites for hydroxylation is 1. The zero-order valence-corrected chi connectivity index (χ0v) is 13.8. The number of hydrogen-bond acceptors (Lipinski definition) is 2. The third kappa shape index (κ3) is 6.49. The van der Waals surface area contributed by atoms with Crippen molar-refractivity contribution in [1.29, 1.82) is 0 Å². The lowest BCUT2D eigenvalue weighted by Gasteiger charge is -2.14. The second-order valence-corrected chi connectivity index (χ2v) is 5.66. The van der Waals surface area contributed by atoms with Crippen molar-refractivity contribution >= 4 is 11.6 Å². The van der Waals surface area contributed by atoms with Crippen LogP contribution in [0.3, 0.4) is 0 Å². The summed E-state index contributed by atoms with van der Waals surface area (Å²) in [6, 6.07) is 15.2. The molecule has 0 aromatic heterocycles. The summed E-state index contributed by atoms with van der Waals surface area (Å²) in [5.74, 6) is -0.176. The number of rotatable bonds is 8. The molecule has 0 radical (unpaired) electrons. The van der Waals surface area contributed by atoms with E-state index in [0.29, 0.717) is 6.54 Å². The van der Waals surface area contributed by atoms with E-state index in [1.165, 1.54) is 23.8 Å². The van der Waals surface area contributed by atoms with E-state index < -0.39 is 11.7 Å². The van der Waals surface area contributed by atoms with Gasteiger partial charge in [0.2, 0.25) is 5.91 Å². The van der Waals surface area contributed by atoms with Crippen LogP contribution in [0.25, 0.3) is 0 Å². The fourth-order valence-corrected chi connectivity index (χ4v) is 2.45. The van der Waals surface area contributed by atoms with Gasteiger partial charge in [0.05, 0.1) is 5.56 Å². The maximum absolute atomic E-state index is 12.9. The monoisotopic (exact) mass is 350 g/mol. The van der Waals surface area contributed by atoms with Crippen LogP contribution in [0, 0.1) is 0 Å². The molecule has 0 fully saturated rings. The van der Waals surface area contributed by atoms with E-state index >= 15 is 0 Å². The molecular formula is C19H21F3N2O. The van der Waals surface area contributed by atoms with Gasteiger partial charge in [0.25, 0.3) is 0 Å². The van der Waals surface area contributed by atoms with Crippen LogP contribution in [0.1, 0.15) is 24.0 Å². The summed E-state index contributed by atoms with van der Waals surface area (Å²) < 4.78 is 38.6. The molecule has 0 saturated heterocycles. The zero-order chi connectivity index (χ0) is 18.1. The molecule has 0 bridgehead atoms. The maximum Gasteiger partial charge on any atom is 0.418 e. The molecule has 2 rings (SSSR count). The van der Waals surface area contributed by atoms with Gasteiger partial charge < -0.3 is 10.6 Å². The summed E-state index contributed by atoms with van der Waals surface area (Å²) in [6.07, 6.45) is -2.60. The van der Waals surface area contributed by atoms with Gasteiger partial charge in [0, 0.05) is 25.2 Å². The minimum atomic E-state index is -4.41. The van der Waals surface area contributed by atoms with Gasteiger partial charge in [-0.3, -0.25) is 4.79 Å². The SMILES string of the molecule is O=C(CCNc1ccccc1C(F)(F)F)NCCCc1ccccc1. The Labute approximate surface area is 145 Å². The molecule has 0 aliphatic rings. The van der Waals surface area contributed by atoms with Crippen molar-refractivity contribution in [2.75, 3.05) is 18.4 Å². The number of carbonyl (C=O) groups is 1. The molecule has 0 aliphatic heterocycles. The van der Waals surface area contributed by atoms with E-state index in [1.54, 1.807) is 0 Å². The van der Waals surface area contributed by atoms with Crippen LogP contribution in [0.15, 0.2) is 54.6 Å². The number of hydrogen-bond donors (Lipinski definition) is 2. The van der Waals surface area contributed by atoms with Crippen LogP contribution >= 0.6 is 0 Å². The number of benzene rings is 2. The number of anilines is 1. The van der Waals surface area contributed by atoms with Crippen molar-refractivity contribution < 1.29 is 18.0 Å². The highest BCUT2D eigenvalue weighted by Crippen LogP contribution is 2.34. The summed E-state index contributed by atoms with van der Waals surface area (Å²) in [7, 11) is 0. The molecule has 2 N–H and O–H groups in total. The van der Waals surface area contributed by atoms with Gasteiger partial charge in [-0.25, -0.2) is 0 Å². The number of para-hydroxylation sites is 1. The summed E-state index contributed by atoms with van der Waals surface area (Å²) in [6.45, 7) is 0.699. The molecule has 0 unspecified atom stereocenters. The van der Waals surface area contributed by atoms with E-state index in [4.69, 9.17) is 0 Å². The fourth-order valence-electron chi connectivity index (χ4n) is 2.45. The Morgan fingerprint density at radius 1 is 0.920 bits per heavy atom. The highest BCUT2D eigenvalue weighted by molar-refractivity contribution is 5.76. The van der Waals surface area contributed by atoms with Crippen LogP contribution in [0.4, 0.5) is 18.9 Å². The molecule has 0 saturated carbocycles. The molecule has 2 aromatic carbocycles. The van der Waals surface area contributed by atoms with E-state index in [9.17, 15) is 18.0 Å². The third-order valence-electron chi connectivity index (χ3n) is 3.71. The first-order chi connectivity index (χ1) is 12.0. The lowest BCUT2D eigenvalue weighted by molar-refractivity contribution is -0.137. The maximum atomic E-state index is 12.9. The van der Waals surface area contributed by atoms with Crippen molar-refractivity contribution in [2.24, 2.45) is 0 Å². The van der Waals surface area contributed by atoms with Crippen molar-refractivity contribution in [2.45, 2.75) is 25.4 Å². The predicted molar refractivity (Wildman–Crippen MR) is 92.3 cm³/mol. The first-order valence-electron chi connectivity index (χ1n) is 8.17. The molecule has 25 heavy (non-hydrogen) atoms. The standard InChI is InChI=1S/C19H21F3N2O/c20-19(21,22)16-10-4-5-11-17(16)23-14-12-18(25)24-13-6-9-15-7-2-1-3-8-15/h1-5,7-8,10-11,23H,6,9,12-14H2,(H,24,25). The van der Waals surface area contributed by atoms with E-state index in [0.717, 1.165) is 18.9 Å². The lowest BCUT2D eigenvalue weighted by atomic mass is 10.1. The molecule has 134 valence electrons. The van der Waals surface area contributed by atoms with E-state index in [2.05, 4.69) is 10.6 Å². The van der Waals surface area contributed by atoms with Gasteiger partial charge in [-0.2, -0.15) is 13.2 Å². The Hall–Kier alpha value is -2.50. The molecular weight excluding hydrogens is 329 g/mol. The zero-order valence-electron chi connectivity index (χ0n) is 13.8. The van der Waals surface area contributed by atoms with Crippen LogP contribution in [-0.4, -0.2) is 19.0 Å². The van der Waals surface area contributed by atoms with Crippen molar-refractivity contribution in [3.8, 4) is 0 Å². The Morgan fingerprint density at radius 2 is 1.60 bits per heavy atom. The van der Waals surface area contributed by atoms with Gasteiger partial charge >= 0.3 is 6.18 Å². The molecule has 1 amide bonds. The summed E-state index contributed by atoms with van der Waals surface area (Å²) in [5.41, 5.74) is 0.479. The Kier molecular flexibility index (Phi) is 6.86. The average Bonchev–Trinajstić information content (AvgIpc) is 2.59. The van der Waals surface area contributed by atoms with Crippen LogP contribution in [-0.2, 0) is 17.4 Å². The van der Waals surface area contributed by atoms with Crippen LogP contribution in [0.5, 0.6) is 0 Å². The quantitative estimate of drug-likeness (QED) is 0.699. The largest absolute Gasteiger partial charge is 0.418 e. The van der Waals surface area contributed by atoms with Crippen molar-refractivity contribution in [3.05, 3.63) is 65.7 Å². The normalized spacial score (nSPS) is 11.2. The first-order valence-corrected chi connectivity index (χ1v) is 8.17. The first kappa shape index (κ1) is 18.8. The molecule has 0 atom stereocenters. The van der Waals surface area contributed by atoms with Crippen molar-refractivity contribution in [1.82, 2.24) is 5.32 Å². The van der Waals surface area contributed by atoms with Gasteiger partial charge in [-0.1, -0.05) is 42.5 Å². The predicted octanol–water partition coefficient (Wildman–Crippen LogP) is 4.26. The highest BCUT2D eigenvalue weighted by atomic mass is 19.4. The number of nitrogens with one attached hydrogen (secondary N) is 2. The smallest absolute Gasteiger partial charge is 0.384 e. The van der Waals surface area contributed by atoms with Gasteiger partial charge in [-0.15, -0.1) is 0 Å². The topological polar surface area (TPSA) is 41.1 Å². The average molecular weight is 350 g/mol. The molecule has 0 spiro atoms. The third-order valence-corrected chi connectivity index (χ3v) is 3.71. The molecule has 3 nitrogen and oxygen atoms in total. The Morgan fingerprint density at radius 3 is 2.32 bits per heavy atom. The van der Waals surface area contributed by atoms with Crippen molar-refractivity contribution in [3.63, 3.8) is 0 Å². The molecule has 0 aliphatic carbocycles. The van der Waals surface area contributed by atoms with Gasteiger partial charge in [0.1, 0.15) is 0 Å². The summed E-state index contributed by atoms with van der Waals surface area (Å²) in [4.78, 5) is 11.8. The molecule has 0 heterocycles. The van der Waals surface area contributed by atoms with E-state index in [1.807, 2.05) is 30.3 Å². The summed E-state index contributed by atoms with van der Waals surface area (Å²) in [5, 5.41) is 5.47. The number of amides is 1. The Bertz CT molecular complexity index is 672. The minimum Gasteiger partial charge on any atom is -0.384 e. The van der Waals surface area contributed by atoms with Crippen LogP contribution in [0.2, 0.25) is 0 Å². The summed E-state index contributed by atoms with van der Waals surface area (Å²) >= 11 is 0. The second-order valence-electron chi connectivity index (χ2n) is 5.66.